The molecule has 4 heteroatoms. The summed E-state index contributed by atoms with van der Waals surface area (Å²) in [7, 11) is 0. The first-order valence-corrected chi connectivity index (χ1v) is 4.93. The Bertz CT molecular complexity index is 320. The maximum atomic E-state index is 8.84. The molecule has 2 N–H and O–H groups in total. The Kier molecular flexibility index (Phi) is 1.84. The van der Waals surface area contributed by atoms with Gasteiger partial charge in [0, 0.05) is 5.92 Å². The molecule has 0 aliphatic heterocycles. The summed E-state index contributed by atoms with van der Waals surface area (Å²) in [6.45, 7) is 6.22. The van der Waals surface area contributed by atoms with Crippen LogP contribution in [0.25, 0.3) is 0 Å². The summed E-state index contributed by atoms with van der Waals surface area (Å²) in [5, 5.41) is 24.2. The second kappa shape index (κ2) is 2.72. The first-order chi connectivity index (χ1) is 6.54. The van der Waals surface area contributed by atoms with Crippen LogP contribution in [-0.2, 0) is 0 Å². The maximum absolute atomic E-state index is 8.84. The SMILES string of the molecule is C/C(=N\O)C1/C(=N\O)CC2C1C2(C)C. The average molecular weight is 196 g/mol. The summed E-state index contributed by atoms with van der Waals surface area (Å²) in [4.78, 5) is 0. The molecule has 78 valence electrons. The van der Waals surface area contributed by atoms with Gasteiger partial charge in [0.15, 0.2) is 0 Å². The van der Waals surface area contributed by atoms with Crippen LogP contribution in [0.4, 0.5) is 0 Å². The van der Waals surface area contributed by atoms with Crippen molar-refractivity contribution in [3.63, 3.8) is 0 Å². The molecule has 0 heterocycles. The van der Waals surface area contributed by atoms with Gasteiger partial charge in [0.1, 0.15) is 0 Å². The molecule has 0 aromatic heterocycles. The van der Waals surface area contributed by atoms with Crippen LogP contribution in [0.5, 0.6) is 0 Å². The van der Waals surface area contributed by atoms with Crippen molar-refractivity contribution in [3.05, 3.63) is 0 Å². The molecule has 2 rings (SSSR count). The first-order valence-electron chi connectivity index (χ1n) is 4.93. The van der Waals surface area contributed by atoms with E-state index in [0.717, 1.165) is 12.1 Å². The number of fused-ring (bicyclic) bond motifs is 1. The van der Waals surface area contributed by atoms with Gasteiger partial charge >= 0.3 is 0 Å². The minimum atomic E-state index is 0.0463. The maximum Gasteiger partial charge on any atom is 0.0665 e. The molecule has 0 radical (unpaired) electrons. The van der Waals surface area contributed by atoms with Gasteiger partial charge in [-0.2, -0.15) is 0 Å². The Labute approximate surface area is 83.3 Å². The summed E-state index contributed by atoms with van der Waals surface area (Å²) in [6.07, 6.45) is 0.839. The smallest absolute Gasteiger partial charge is 0.0665 e. The average Bonchev–Trinajstić information content (AvgIpc) is 2.57. The molecule has 0 amide bonds. The van der Waals surface area contributed by atoms with Gasteiger partial charge < -0.3 is 10.4 Å². The third-order valence-electron chi connectivity index (χ3n) is 4.02. The zero-order valence-corrected chi connectivity index (χ0v) is 8.73. The van der Waals surface area contributed by atoms with Crippen molar-refractivity contribution in [3.8, 4) is 0 Å². The Morgan fingerprint density at radius 2 is 2.07 bits per heavy atom. The fraction of sp³-hybridized carbons (Fsp3) is 0.800. The highest BCUT2D eigenvalue weighted by Gasteiger charge is 2.67. The predicted octanol–water partition coefficient (Wildman–Crippen LogP) is 1.96. The van der Waals surface area contributed by atoms with Gasteiger partial charge in [-0.25, -0.2) is 0 Å². The normalized spacial score (nSPS) is 42.6. The largest absolute Gasteiger partial charge is 0.411 e. The molecular formula is C10H16N2O2. The van der Waals surface area contributed by atoms with Crippen LogP contribution in [0, 0.1) is 23.2 Å². The lowest BCUT2D eigenvalue weighted by atomic mass is 9.88. The van der Waals surface area contributed by atoms with Gasteiger partial charge in [-0.15, -0.1) is 0 Å². The van der Waals surface area contributed by atoms with Crippen LogP contribution < -0.4 is 0 Å². The number of hydrogen-bond donors (Lipinski definition) is 2. The lowest BCUT2D eigenvalue weighted by Gasteiger charge is -2.17. The lowest BCUT2D eigenvalue weighted by Crippen LogP contribution is -2.24. The topological polar surface area (TPSA) is 65.2 Å². The Morgan fingerprint density at radius 3 is 2.57 bits per heavy atom. The van der Waals surface area contributed by atoms with E-state index in [2.05, 4.69) is 24.2 Å². The molecule has 3 atom stereocenters. The minimum absolute atomic E-state index is 0.0463. The van der Waals surface area contributed by atoms with Crippen molar-refractivity contribution in [1.82, 2.24) is 0 Å². The summed E-state index contributed by atoms with van der Waals surface area (Å²) < 4.78 is 0. The van der Waals surface area contributed by atoms with Gasteiger partial charge in [0.25, 0.3) is 0 Å². The number of rotatable bonds is 1. The summed E-state index contributed by atoms with van der Waals surface area (Å²) in [5.41, 5.74) is 1.75. The first kappa shape index (κ1) is 9.49. The second-order valence-electron chi connectivity index (χ2n) is 4.97. The molecule has 4 nitrogen and oxygen atoms in total. The molecule has 0 aromatic rings. The van der Waals surface area contributed by atoms with Crippen molar-refractivity contribution >= 4 is 11.4 Å². The van der Waals surface area contributed by atoms with Crippen LogP contribution in [0.2, 0.25) is 0 Å². The molecule has 2 aliphatic carbocycles. The molecule has 3 unspecified atom stereocenters. The van der Waals surface area contributed by atoms with E-state index in [4.69, 9.17) is 10.4 Å². The van der Waals surface area contributed by atoms with Crippen molar-refractivity contribution in [2.45, 2.75) is 27.2 Å². The molecule has 0 saturated heterocycles. The Balaban J connectivity index is 2.28. The van der Waals surface area contributed by atoms with Crippen molar-refractivity contribution in [2.24, 2.45) is 33.5 Å². The lowest BCUT2D eigenvalue weighted by molar-refractivity contribution is 0.308. The number of hydrogen-bond acceptors (Lipinski definition) is 4. The fourth-order valence-electron chi connectivity index (χ4n) is 3.06. The second-order valence-corrected chi connectivity index (χ2v) is 4.97. The minimum Gasteiger partial charge on any atom is -0.411 e. The standard InChI is InChI=1S/C10H16N2O2/c1-5(11-13)8-7(12-14)4-6-9(8)10(6,2)3/h6,8-9,13-14H,4H2,1-3H3/b11-5+,12-7-. The monoisotopic (exact) mass is 196 g/mol. The van der Waals surface area contributed by atoms with Gasteiger partial charge in [-0.3, -0.25) is 0 Å². The van der Waals surface area contributed by atoms with Crippen LogP contribution in [0.15, 0.2) is 10.3 Å². The highest BCUT2D eigenvalue weighted by Crippen LogP contribution is 2.68. The van der Waals surface area contributed by atoms with Crippen molar-refractivity contribution in [1.29, 1.82) is 0 Å². The van der Waals surface area contributed by atoms with Crippen LogP contribution in [-0.4, -0.2) is 21.8 Å². The fourth-order valence-corrected chi connectivity index (χ4v) is 3.06. The van der Waals surface area contributed by atoms with E-state index < -0.39 is 0 Å². The molecule has 2 aliphatic rings. The predicted molar refractivity (Wildman–Crippen MR) is 53.0 cm³/mol. The zero-order valence-electron chi connectivity index (χ0n) is 8.73. The van der Waals surface area contributed by atoms with E-state index in [-0.39, 0.29) is 5.92 Å². The van der Waals surface area contributed by atoms with Crippen LogP contribution >= 0.6 is 0 Å². The van der Waals surface area contributed by atoms with E-state index in [1.54, 1.807) is 6.92 Å². The Hall–Kier alpha value is -1.06. The molecule has 0 spiro atoms. The third-order valence-corrected chi connectivity index (χ3v) is 4.02. The van der Waals surface area contributed by atoms with Crippen LogP contribution in [0.1, 0.15) is 27.2 Å². The molecule has 2 saturated carbocycles. The third kappa shape index (κ3) is 0.996. The van der Waals surface area contributed by atoms with Crippen molar-refractivity contribution in [2.75, 3.05) is 0 Å². The number of oxime groups is 2. The molecule has 0 aromatic carbocycles. The highest BCUT2D eigenvalue weighted by molar-refractivity contribution is 6.09. The zero-order chi connectivity index (χ0) is 10.5. The molecule has 14 heavy (non-hydrogen) atoms. The van der Waals surface area contributed by atoms with Gasteiger partial charge in [0.2, 0.25) is 0 Å². The van der Waals surface area contributed by atoms with E-state index in [1.807, 2.05) is 0 Å². The van der Waals surface area contributed by atoms with Crippen molar-refractivity contribution < 1.29 is 10.4 Å². The van der Waals surface area contributed by atoms with E-state index >= 15 is 0 Å². The van der Waals surface area contributed by atoms with E-state index in [0.29, 0.717) is 23.0 Å². The highest BCUT2D eigenvalue weighted by atomic mass is 16.4. The quantitative estimate of drug-likeness (QED) is 0.382. The summed E-state index contributed by atoms with van der Waals surface area (Å²) >= 11 is 0. The van der Waals surface area contributed by atoms with E-state index in [1.165, 1.54) is 0 Å². The molecular weight excluding hydrogens is 180 g/mol. The molecule has 2 fully saturated rings. The molecule has 0 bridgehead atoms. The van der Waals surface area contributed by atoms with Gasteiger partial charge in [0.05, 0.1) is 11.4 Å². The number of nitrogens with zero attached hydrogens (tertiary/aromatic N) is 2. The van der Waals surface area contributed by atoms with Gasteiger partial charge in [-0.1, -0.05) is 24.2 Å². The summed E-state index contributed by atoms with van der Waals surface area (Å²) in [6, 6.07) is 0. The Morgan fingerprint density at radius 1 is 1.43 bits per heavy atom. The van der Waals surface area contributed by atoms with Gasteiger partial charge in [-0.05, 0) is 30.6 Å². The van der Waals surface area contributed by atoms with E-state index in [9.17, 15) is 0 Å². The summed E-state index contributed by atoms with van der Waals surface area (Å²) in [5.74, 6) is 1.13. The van der Waals surface area contributed by atoms with Crippen LogP contribution in [0.3, 0.4) is 0 Å².